The number of piperidine rings is 1. The van der Waals surface area contributed by atoms with E-state index in [0.717, 1.165) is 43.1 Å². The molecule has 1 aliphatic rings. The molecule has 1 fully saturated rings. The number of aromatic nitrogens is 2. The van der Waals surface area contributed by atoms with E-state index < -0.39 is 6.04 Å². The molecule has 1 unspecified atom stereocenters. The molecule has 0 spiro atoms. The number of benzene rings is 2. The van der Waals surface area contributed by atoms with Gasteiger partial charge in [-0.25, -0.2) is 4.39 Å². The minimum Gasteiger partial charge on any atom is -0.343 e. The third kappa shape index (κ3) is 5.66. The molecule has 0 saturated carbocycles. The van der Waals surface area contributed by atoms with Crippen molar-refractivity contribution >= 4 is 17.5 Å². The lowest BCUT2D eigenvalue weighted by Crippen LogP contribution is -2.41. The molecule has 1 N–H and O–H groups in total. The van der Waals surface area contributed by atoms with Gasteiger partial charge in [-0.3, -0.25) is 19.7 Å². The largest absolute Gasteiger partial charge is 0.343 e. The second kappa shape index (κ2) is 9.98. The molecular formula is C24H24ClFN4O. The Morgan fingerprint density at radius 3 is 2.61 bits per heavy atom. The highest BCUT2D eigenvalue weighted by Crippen LogP contribution is 2.24. The van der Waals surface area contributed by atoms with Crippen LogP contribution in [-0.4, -0.2) is 33.9 Å². The van der Waals surface area contributed by atoms with E-state index in [4.69, 9.17) is 11.6 Å². The van der Waals surface area contributed by atoms with E-state index in [1.807, 2.05) is 18.2 Å². The summed E-state index contributed by atoms with van der Waals surface area (Å²) in [4.78, 5) is 23.9. The molecule has 4 rings (SSSR count). The minimum absolute atomic E-state index is 0.0117. The van der Waals surface area contributed by atoms with Gasteiger partial charge in [0.25, 0.3) is 0 Å². The average molecular weight is 439 g/mol. The lowest BCUT2D eigenvalue weighted by atomic mass is 9.94. The molecule has 1 aromatic heterocycles. The van der Waals surface area contributed by atoms with Crippen molar-refractivity contribution in [3.05, 3.63) is 94.8 Å². The molecule has 31 heavy (non-hydrogen) atoms. The standard InChI is InChI=1S/C24H24ClFN4O/c25-20-3-1-2-17(14-20)16-30-12-8-19(9-13-30)24(31)29-23(22-15-27-10-11-28-22)18-4-6-21(26)7-5-18/h1-7,10-11,14-15,19,23H,8-9,12-13,16H2,(H,29,31). The van der Waals surface area contributed by atoms with E-state index in [2.05, 4.69) is 26.3 Å². The molecule has 0 radical (unpaired) electrons. The maximum Gasteiger partial charge on any atom is 0.224 e. The van der Waals surface area contributed by atoms with Crippen molar-refractivity contribution in [1.29, 1.82) is 0 Å². The predicted molar refractivity (Wildman–Crippen MR) is 118 cm³/mol. The lowest BCUT2D eigenvalue weighted by molar-refractivity contribution is -0.127. The molecule has 5 nitrogen and oxygen atoms in total. The van der Waals surface area contributed by atoms with Crippen molar-refractivity contribution in [1.82, 2.24) is 20.2 Å². The van der Waals surface area contributed by atoms with Crippen LogP contribution in [-0.2, 0) is 11.3 Å². The van der Waals surface area contributed by atoms with Gasteiger partial charge in [-0.1, -0.05) is 35.9 Å². The fourth-order valence-electron chi connectivity index (χ4n) is 3.95. The Kier molecular flexibility index (Phi) is 6.89. The SMILES string of the molecule is O=C(NC(c1ccc(F)cc1)c1cnccn1)C1CCN(Cc2cccc(Cl)c2)CC1. The minimum atomic E-state index is -0.466. The number of amides is 1. The predicted octanol–water partition coefficient (Wildman–Crippen LogP) is 4.39. The summed E-state index contributed by atoms with van der Waals surface area (Å²) in [5.74, 6) is -0.405. The molecular weight excluding hydrogens is 415 g/mol. The van der Waals surface area contributed by atoms with Gasteiger partial charge in [-0.05, 0) is 61.3 Å². The molecule has 1 saturated heterocycles. The van der Waals surface area contributed by atoms with E-state index >= 15 is 0 Å². The van der Waals surface area contributed by atoms with Crippen LogP contribution in [0.15, 0.2) is 67.1 Å². The number of rotatable bonds is 6. The smallest absolute Gasteiger partial charge is 0.224 e. The molecule has 3 aromatic rings. The molecule has 160 valence electrons. The fraction of sp³-hybridized carbons (Fsp3) is 0.292. The second-order valence-electron chi connectivity index (χ2n) is 7.80. The topological polar surface area (TPSA) is 58.1 Å². The first-order chi connectivity index (χ1) is 15.1. The molecule has 0 aliphatic carbocycles. The van der Waals surface area contributed by atoms with Crippen LogP contribution in [0.3, 0.4) is 0 Å². The van der Waals surface area contributed by atoms with Gasteiger partial charge in [-0.2, -0.15) is 0 Å². The number of nitrogens with one attached hydrogen (secondary N) is 1. The molecule has 7 heteroatoms. The lowest BCUT2D eigenvalue weighted by Gasteiger charge is -2.32. The van der Waals surface area contributed by atoms with Crippen molar-refractivity contribution in [2.45, 2.75) is 25.4 Å². The highest BCUT2D eigenvalue weighted by Gasteiger charge is 2.28. The normalized spacial score (nSPS) is 16.1. The number of likely N-dealkylation sites (tertiary alicyclic amines) is 1. The summed E-state index contributed by atoms with van der Waals surface area (Å²) in [7, 11) is 0. The Morgan fingerprint density at radius 2 is 1.94 bits per heavy atom. The van der Waals surface area contributed by atoms with Gasteiger partial charge < -0.3 is 5.32 Å². The summed E-state index contributed by atoms with van der Waals surface area (Å²) in [6.45, 7) is 2.51. The summed E-state index contributed by atoms with van der Waals surface area (Å²) < 4.78 is 13.4. The summed E-state index contributed by atoms with van der Waals surface area (Å²) in [5.41, 5.74) is 2.57. The zero-order valence-corrected chi connectivity index (χ0v) is 17.8. The van der Waals surface area contributed by atoms with Gasteiger partial charge in [0.15, 0.2) is 0 Å². The Balaban J connectivity index is 1.39. The third-order valence-corrected chi connectivity index (χ3v) is 5.86. The maximum atomic E-state index is 13.4. The van der Waals surface area contributed by atoms with E-state index in [-0.39, 0.29) is 17.6 Å². The van der Waals surface area contributed by atoms with Crippen LogP contribution in [0.25, 0.3) is 0 Å². The quantitative estimate of drug-likeness (QED) is 0.620. The first-order valence-electron chi connectivity index (χ1n) is 10.4. The molecule has 1 amide bonds. The van der Waals surface area contributed by atoms with Gasteiger partial charge in [-0.15, -0.1) is 0 Å². The number of carbonyl (C=O) groups is 1. The Morgan fingerprint density at radius 1 is 1.16 bits per heavy atom. The molecule has 2 heterocycles. The number of hydrogen-bond donors (Lipinski definition) is 1. The average Bonchev–Trinajstić information content (AvgIpc) is 2.79. The van der Waals surface area contributed by atoms with Crippen molar-refractivity contribution < 1.29 is 9.18 Å². The third-order valence-electron chi connectivity index (χ3n) is 5.62. The first kappa shape index (κ1) is 21.4. The number of hydrogen-bond acceptors (Lipinski definition) is 4. The number of nitrogens with zero attached hydrogens (tertiary/aromatic N) is 3. The van der Waals surface area contributed by atoms with Crippen LogP contribution in [0.1, 0.15) is 35.7 Å². The Bertz CT molecular complexity index is 1010. The van der Waals surface area contributed by atoms with Gasteiger partial charge in [0.05, 0.1) is 17.9 Å². The van der Waals surface area contributed by atoms with Crippen molar-refractivity contribution in [3.63, 3.8) is 0 Å². The zero-order valence-electron chi connectivity index (χ0n) is 17.0. The fourth-order valence-corrected chi connectivity index (χ4v) is 4.16. The van der Waals surface area contributed by atoms with Crippen LogP contribution >= 0.6 is 11.6 Å². The molecule has 1 atom stereocenters. The summed E-state index contributed by atoms with van der Waals surface area (Å²) in [6.07, 6.45) is 6.36. The Labute approximate surface area is 186 Å². The van der Waals surface area contributed by atoms with E-state index in [9.17, 15) is 9.18 Å². The molecule has 2 aromatic carbocycles. The van der Waals surface area contributed by atoms with Crippen LogP contribution in [0.5, 0.6) is 0 Å². The van der Waals surface area contributed by atoms with Crippen LogP contribution in [0, 0.1) is 11.7 Å². The Hall–Kier alpha value is -2.83. The van der Waals surface area contributed by atoms with Gasteiger partial charge in [0.2, 0.25) is 5.91 Å². The number of carbonyl (C=O) groups excluding carboxylic acids is 1. The van der Waals surface area contributed by atoms with Crippen molar-refractivity contribution in [2.24, 2.45) is 5.92 Å². The van der Waals surface area contributed by atoms with Gasteiger partial charge in [0, 0.05) is 29.9 Å². The van der Waals surface area contributed by atoms with Crippen LogP contribution in [0.2, 0.25) is 5.02 Å². The second-order valence-corrected chi connectivity index (χ2v) is 8.24. The maximum absolute atomic E-state index is 13.4. The van der Waals surface area contributed by atoms with Crippen LogP contribution in [0.4, 0.5) is 4.39 Å². The van der Waals surface area contributed by atoms with Gasteiger partial charge in [0.1, 0.15) is 5.82 Å². The monoisotopic (exact) mass is 438 g/mol. The molecule has 1 aliphatic heterocycles. The zero-order chi connectivity index (χ0) is 21.6. The van der Waals surface area contributed by atoms with Gasteiger partial charge >= 0.3 is 0 Å². The summed E-state index contributed by atoms with van der Waals surface area (Å²) >= 11 is 6.08. The summed E-state index contributed by atoms with van der Waals surface area (Å²) in [6, 6.07) is 13.5. The highest BCUT2D eigenvalue weighted by molar-refractivity contribution is 6.30. The first-order valence-corrected chi connectivity index (χ1v) is 10.7. The summed E-state index contributed by atoms with van der Waals surface area (Å²) in [5, 5.41) is 3.85. The van der Waals surface area contributed by atoms with E-state index in [1.165, 1.54) is 17.7 Å². The van der Waals surface area contributed by atoms with Crippen LogP contribution < -0.4 is 5.32 Å². The van der Waals surface area contributed by atoms with E-state index in [0.29, 0.717) is 5.69 Å². The van der Waals surface area contributed by atoms with Crippen molar-refractivity contribution in [3.8, 4) is 0 Å². The van der Waals surface area contributed by atoms with E-state index in [1.54, 1.807) is 30.7 Å². The molecule has 0 bridgehead atoms. The highest BCUT2D eigenvalue weighted by atomic mass is 35.5. The van der Waals surface area contributed by atoms with Crippen molar-refractivity contribution in [2.75, 3.05) is 13.1 Å². The number of halogens is 2.